The summed E-state index contributed by atoms with van der Waals surface area (Å²) in [6.45, 7) is 9.28. The molecule has 3 nitrogen and oxygen atoms in total. The van der Waals surface area contributed by atoms with Gasteiger partial charge in [0.2, 0.25) is 0 Å². The summed E-state index contributed by atoms with van der Waals surface area (Å²) in [6, 6.07) is 0. The van der Waals surface area contributed by atoms with Crippen molar-refractivity contribution in [2.75, 3.05) is 0 Å². The molecule has 0 spiro atoms. The van der Waals surface area contributed by atoms with Crippen LogP contribution in [0.25, 0.3) is 0 Å². The molecule has 0 aromatic carbocycles. The zero-order valence-corrected chi connectivity index (χ0v) is 11.6. The molecule has 2 unspecified atom stereocenters. The smallest absolute Gasteiger partial charge is 0.159 e. The summed E-state index contributed by atoms with van der Waals surface area (Å²) >= 11 is 0. The number of aliphatic hydroxyl groups excluding tert-OH is 1. The van der Waals surface area contributed by atoms with E-state index in [-0.39, 0.29) is 11.7 Å². The number of Topliss-reactive ketones (excluding diaryl/α,β-unsaturated/α-hetero) is 1. The lowest BCUT2D eigenvalue weighted by Gasteiger charge is -2.27. The van der Waals surface area contributed by atoms with E-state index in [2.05, 4.69) is 6.58 Å². The maximum atomic E-state index is 11.6. The Morgan fingerprint density at radius 3 is 2.72 bits per heavy atom. The normalized spacial score (nSPS) is 24.9. The summed E-state index contributed by atoms with van der Waals surface area (Å²) in [5.74, 6) is -0.0723. The topological polar surface area (TPSA) is 57.5 Å². The first-order valence-electron chi connectivity index (χ1n) is 6.50. The molecule has 0 bridgehead atoms. The summed E-state index contributed by atoms with van der Waals surface area (Å²) in [4.78, 5) is 11.6. The summed E-state index contributed by atoms with van der Waals surface area (Å²) in [5, 5.41) is 19.6. The average molecular weight is 252 g/mol. The highest BCUT2D eigenvalue weighted by atomic mass is 16.3. The largest absolute Gasteiger partial charge is 0.390 e. The monoisotopic (exact) mass is 252 g/mol. The number of carbonyl (C=O) groups excluding carboxylic acids is 1. The second kappa shape index (κ2) is 5.81. The zero-order valence-electron chi connectivity index (χ0n) is 11.6. The Labute approximate surface area is 109 Å². The van der Waals surface area contributed by atoms with Crippen LogP contribution in [0.3, 0.4) is 0 Å². The molecule has 1 aliphatic carbocycles. The number of carbonyl (C=O) groups is 1. The highest BCUT2D eigenvalue weighted by Gasteiger charge is 2.28. The number of ketones is 1. The molecule has 2 N–H and O–H groups in total. The molecule has 0 radical (unpaired) electrons. The molecular weight excluding hydrogens is 228 g/mol. The SMILES string of the molecule is C=C(CCCC(C)(C)O)C1CC(=O)C(C)=CC1O. The molecule has 2 atom stereocenters. The first-order valence-corrected chi connectivity index (χ1v) is 6.50. The molecule has 0 saturated heterocycles. The third kappa shape index (κ3) is 4.39. The lowest BCUT2D eigenvalue weighted by Crippen LogP contribution is -2.28. The summed E-state index contributed by atoms with van der Waals surface area (Å²) in [5.41, 5.74) is 0.879. The minimum Gasteiger partial charge on any atom is -0.390 e. The highest BCUT2D eigenvalue weighted by Crippen LogP contribution is 2.29. The number of aliphatic hydroxyl groups is 2. The third-order valence-electron chi connectivity index (χ3n) is 3.49. The van der Waals surface area contributed by atoms with Crippen LogP contribution in [-0.4, -0.2) is 27.7 Å². The fraction of sp³-hybridized carbons (Fsp3) is 0.667. The standard InChI is InChI=1S/C15H24O3/c1-10(6-5-7-15(3,4)18)12-9-13(16)11(2)8-14(12)17/h8,12,14,17-18H,1,5-7,9H2,2-4H3. The van der Waals surface area contributed by atoms with E-state index in [4.69, 9.17) is 0 Å². The predicted molar refractivity (Wildman–Crippen MR) is 72.2 cm³/mol. The second-order valence-electron chi connectivity index (χ2n) is 5.90. The van der Waals surface area contributed by atoms with Gasteiger partial charge in [-0.3, -0.25) is 4.79 Å². The molecule has 0 amide bonds. The first kappa shape index (κ1) is 15.1. The zero-order chi connectivity index (χ0) is 13.9. The van der Waals surface area contributed by atoms with E-state index >= 15 is 0 Å². The van der Waals surface area contributed by atoms with Crippen molar-refractivity contribution in [1.82, 2.24) is 0 Å². The van der Waals surface area contributed by atoms with Gasteiger partial charge in [-0.05, 0) is 51.7 Å². The Kier molecular flexibility index (Phi) is 4.88. The van der Waals surface area contributed by atoms with Crippen molar-refractivity contribution >= 4 is 5.78 Å². The van der Waals surface area contributed by atoms with E-state index in [0.29, 0.717) is 18.4 Å². The third-order valence-corrected chi connectivity index (χ3v) is 3.49. The Morgan fingerprint density at radius 2 is 2.17 bits per heavy atom. The van der Waals surface area contributed by atoms with Gasteiger partial charge in [0.25, 0.3) is 0 Å². The lowest BCUT2D eigenvalue weighted by atomic mass is 9.80. The predicted octanol–water partition coefficient (Wildman–Crippen LogP) is 2.38. The Bertz CT molecular complexity index is 360. The molecular formula is C15H24O3. The molecule has 18 heavy (non-hydrogen) atoms. The van der Waals surface area contributed by atoms with E-state index in [9.17, 15) is 15.0 Å². The summed E-state index contributed by atoms with van der Waals surface area (Å²) in [7, 11) is 0. The molecule has 1 rings (SSSR count). The fourth-order valence-electron chi connectivity index (χ4n) is 2.27. The Hall–Kier alpha value is -0.930. The van der Waals surface area contributed by atoms with Crippen molar-refractivity contribution in [3.63, 3.8) is 0 Å². The van der Waals surface area contributed by atoms with Crippen LogP contribution in [0.5, 0.6) is 0 Å². The van der Waals surface area contributed by atoms with Crippen molar-refractivity contribution < 1.29 is 15.0 Å². The van der Waals surface area contributed by atoms with Crippen LogP contribution in [0.1, 0.15) is 46.5 Å². The van der Waals surface area contributed by atoms with E-state index in [0.717, 1.165) is 18.4 Å². The van der Waals surface area contributed by atoms with Crippen LogP contribution in [0.4, 0.5) is 0 Å². The van der Waals surface area contributed by atoms with E-state index < -0.39 is 11.7 Å². The minimum absolute atomic E-state index is 0.0916. The fourth-order valence-corrected chi connectivity index (χ4v) is 2.27. The van der Waals surface area contributed by atoms with Crippen LogP contribution in [0.2, 0.25) is 0 Å². The van der Waals surface area contributed by atoms with Gasteiger partial charge in [0.05, 0.1) is 11.7 Å². The molecule has 0 aromatic heterocycles. The lowest BCUT2D eigenvalue weighted by molar-refractivity contribution is -0.117. The van der Waals surface area contributed by atoms with Crippen LogP contribution in [-0.2, 0) is 4.79 Å². The molecule has 0 aliphatic heterocycles. The van der Waals surface area contributed by atoms with Crippen molar-refractivity contribution in [2.24, 2.45) is 5.92 Å². The Balaban J connectivity index is 2.50. The van der Waals surface area contributed by atoms with Crippen molar-refractivity contribution in [3.05, 3.63) is 23.8 Å². The van der Waals surface area contributed by atoms with Crippen molar-refractivity contribution in [1.29, 1.82) is 0 Å². The quantitative estimate of drug-likeness (QED) is 0.739. The second-order valence-corrected chi connectivity index (χ2v) is 5.90. The highest BCUT2D eigenvalue weighted by molar-refractivity contribution is 5.96. The van der Waals surface area contributed by atoms with Gasteiger partial charge >= 0.3 is 0 Å². The van der Waals surface area contributed by atoms with Crippen LogP contribution >= 0.6 is 0 Å². The molecule has 0 saturated carbocycles. The molecule has 0 fully saturated rings. The van der Waals surface area contributed by atoms with Crippen molar-refractivity contribution in [3.8, 4) is 0 Å². The van der Waals surface area contributed by atoms with Crippen LogP contribution in [0.15, 0.2) is 23.8 Å². The van der Waals surface area contributed by atoms with Gasteiger partial charge in [-0.1, -0.05) is 12.2 Å². The van der Waals surface area contributed by atoms with Gasteiger partial charge in [-0.15, -0.1) is 0 Å². The summed E-state index contributed by atoms with van der Waals surface area (Å²) < 4.78 is 0. The minimum atomic E-state index is -0.669. The van der Waals surface area contributed by atoms with Gasteiger partial charge in [-0.25, -0.2) is 0 Å². The Morgan fingerprint density at radius 1 is 1.56 bits per heavy atom. The molecule has 0 heterocycles. The van der Waals surface area contributed by atoms with E-state index in [1.54, 1.807) is 26.8 Å². The first-order chi connectivity index (χ1) is 8.20. The number of hydrogen-bond acceptors (Lipinski definition) is 3. The maximum absolute atomic E-state index is 11.6. The number of hydrogen-bond donors (Lipinski definition) is 2. The maximum Gasteiger partial charge on any atom is 0.159 e. The van der Waals surface area contributed by atoms with Gasteiger partial charge < -0.3 is 10.2 Å². The summed E-state index contributed by atoms with van der Waals surface area (Å²) in [6.07, 6.45) is 3.63. The number of allylic oxidation sites excluding steroid dienone is 1. The van der Waals surface area contributed by atoms with Gasteiger partial charge in [-0.2, -0.15) is 0 Å². The molecule has 1 aliphatic rings. The molecule has 102 valence electrons. The molecule has 0 aromatic rings. The number of rotatable bonds is 5. The van der Waals surface area contributed by atoms with Gasteiger partial charge in [0.15, 0.2) is 5.78 Å². The van der Waals surface area contributed by atoms with E-state index in [1.807, 2.05) is 0 Å². The van der Waals surface area contributed by atoms with Crippen LogP contribution in [0, 0.1) is 5.92 Å². The van der Waals surface area contributed by atoms with Gasteiger partial charge in [0.1, 0.15) is 0 Å². The molecule has 3 heteroatoms. The van der Waals surface area contributed by atoms with Crippen LogP contribution < -0.4 is 0 Å². The van der Waals surface area contributed by atoms with Crippen molar-refractivity contribution in [2.45, 2.75) is 58.2 Å². The van der Waals surface area contributed by atoms with Gasteiger partial charge in [0, 0.05) is 12.3 Å². The average Bonchev–Trinajstić information content (AvgIpc) is 2.21. The van der Waals surface area contributed by atoms with E-state index in [1.165, 1.54) is 0 Å².